The molecule has 1 heterocycles. The first-order valence-corrected chi connectivity index (χ1v) is 18.3. The van der Waals surface area contributed by atoms with E-state index in [1.165, 1.54) is 16.7 Å². The molecule has 1 aliphatic heterocycles. The Morgan fingerprint density at radius 2 is 1.31 bits per heavy atom. The van der Waals surface area contributed by atoms with E-state index in [2.05, 4.69) is 102 Å². The van der Waals surface area contributed by atoms with Gasteiger partial charge in [-0.2, -0.15) is 0 Å². The van der Waals surface area contributed by atoms with Crippen molar-refractivity contribution in [3.63, 3.8) is 0 Å². The maximum Gasteiger partial charge on any atom is 0.226 e. The lowest BCUT2D eigenvalue weighted by molar-refractivity contribution is -0.129. The normalized spacial score (nSPS) is 14.8. The summed E-state index contributed by atoms with van der Waals surface area (Å²) in [5, 5.41) is 1.73. The predicted molar refractivity (Wildman–Crippen MR) is 205 cm³/mol. The van der Waals surface area contributed by atoms with Gasteiger partial charge in [-0.25, -0.2) is 0 Å². The molecule has 0 bridgehead atoms. The summed E-state index contributed by atoms with van der Waals surface area (Å²) in [6.07, 6.45) is 4.55. The number of likely N-dealkylation sites (N-methyl/N-ethyl adjacent to an activating group) is 1. The van der Waals surface area contributed by atoms with E-state index in [1.54, 1.807) is 0 Å². The number of halogens is 3. The molecule has 5 aromatic carbocycles. The topological polar surface area (TPSA) is 23.6 Å². The molecule has 6 heteroatoms. The molecule has 3 nitrogen and oxygen atoms in total. The van der Waals surface area contributed by atoms with Crippen LogP contribution in [0.5, 0.6) is 0 Å². The molecule has 1 aliphatic rings. The summed E-state index contributed by atoms with van der Waals surface area (Å²) in [7, 11) is 1.90. The molecule has 1 atom stereocenters. The van der Waals surface area contributed by atoms with Crippen molar-refractivity contribution in [1.82, 2.24) is 9.80 Å². The van der Waals surface area contributed by atoms with Crippen LogP contribution in [0, 0.1) is 5.92 Å². The Bertz CT molecular complexity index is 1710. The zero-order valence-corrected chi connectivity index (χ0v) is 30.2. The Labute approximate surface area is 306 Å². The molecule has 0 saturated carbocycles. The molecular weight excluding hydrogens is 667 g/mol. The minimum absolute atomic E-state index is 0.0692. The van der Waals surface area contributed by atoms with Gasteiger partial charge in [-0.1, -0.05) is 144 Å². The van der Waals surface area contributed by atoms with Gasteiger partial charge in [-0.3, -0.25) is 9.69 Å². The first-order chi connectivity index (χ1) is 23.8. The lowest BCUT2D eigenvalue weighted by Crippen LogP contribution is -2.51. The summed E-state index contributed by atoms with van der Waals surface area (Å²) in [5.74, 6) is 0.784. The molecule has 0 N–H and O–H groups in total. The van der Waals surface area contributed by atoms with Crippen LogP contribution >= 0.6 is 34.8 Å². The molecule has 1 unspecified atom stereocenters. The monoisotopic (exact) mass is 708 g/mol. The summed E-state index contributed by atoms with van der Waals surface area (Å²) in [6, 6.07) is 46.3. The van der Waals surface area contributed by atoms with Crippen LogP contribution in [-0.2, 0) is 16.8 Å². The zero-order valence-electron chi connectivity index (χ0n) is 27.9. The fourth-order valence-electron chi connectivity index (χ4n) is 7.60. The molecule has 0 spiro atoms. The van der Waals surface area contributed by atoms with E-state index in [-0.39, 0.29) is 17.4 Å². The van der Waals surface area contributed by atoms with Gasteiger partial charge in [0.05, 0.1) is 22.0 Å². The van der Waals surface area contributed by atoms with Gasteiger partial charge in [0.15, 0.2) is 0 Å². The van der Waals surface area contributed by atoms with Crippen molar-refractivity contribution >= 4 is 40.7 Å². The maximum absolute atomic E-state index is 13.3. The van der Waals surface area contributed by atoms with Gasteiger partial charge >= 0.3 is 0 Å². The molecule has 0 aromatic heterocycles. The lowest BCUT2D eigenvalue weighted by Gasteiger charge is -2.48. The van der Waals surface area contributed by atoms with Crippen molar-refractivity contribution in [1.29, 1.82) is 0 Å². The van der Waals surface area contributed by atoms with Gasteiger partial charge in [-0.15, -0.1) is 0 Å². The Kier molecular flexibility index (Phi) is 11.8. The van der Waals surface area contributed by atoms with Crippen LogP contribution in [0.25, 0.3) is 0 Å². The Morgan fingerprint density at radius 3 is 1.84 bits per heavy atom. The maximum atomic E-state index is 13.3. The highest BCUT2D eigenvalue weighted by atomic mass is 35.5. The number of piperidine rings is 1. The van der Waals surface area contributed by atoms with E-state index >= 15 is 0 Å². The second kappa shape index (κ2) is 16.4. The van der Waals surface area contributed by atoms with E-state index in [9.17, 15) is 4.79 Å². The highest BCUT2D eigenvalue weighted by Crippen LogP contribution is 2.44. The van der Waals surface area contributed by atoms with Gasteiger partial charge in [0.1, 0.15) is 0 Å². The van der Waals surface area contributed by atoms with E-state index in [1.807, 2.05) is 48.3 Å². The summed E-state index contributed by atoms with van der Waals surface area (Å²) < 4.78 is 0. The lowest BCUT2D eigenvalue weighted by atomic mass is 9.74. The molecular formula is C43H43Cl3N2O. The molecule has 6 rings (SSSR count). The number of hydrogen-bond acceptors (Lipinski definition) is 2. The number of carbonyl (C=O) groups is 1. The molecule has 0 radical (unpaired) electrons. The standard InChI is InChI=1S/C43H43Cl3N2O/c1-47(42(49)29-33-12-11-19-39(44)28-33)31-35(34-22-23-40(45)41(46)30-34)21-20-32-24-26-48(27-25-32)43(36-13-5-2-6-14-36,37-15-7-3-8-16-37)38-17-9-4-10-18-38/h2-19,22-23,28,30,32,35H,20-21,24-27,29,31H2,1H3. The Balaban J connectivity index is 1.19. The average molecular weight is 710 g/mol. The fourth-order valence-corrected chi connectivity index (χ4v) is 8.12. The number of carbonyl (C=O) groups excluding carboxylic acids is 1. The highest BCUT2D eigenvalue weighted by molar-refractivity contribution is 6.42. The van der Waals surface area contributed by atoms with Gasteiger partial charge in [0, 0.05) is 24.5 Å². The third-order valence-corrected chi connectivity index (χ3v) is 11.1. The van der Waals surface area contributed by atoms with Gasteiger partial charge in [0.25, 0.3) is 0 Å². The summed E-state index contributed by atoms with van der Waals surface area (Å²) in [4.78, 5) is 17.9. The molecule has 49 heavy (non-hydrogen) atoms. The van der Waals surface area contributed by atoms with Gasteiger partial charge < -0.3 is 4.90 Å². The van der Waals surface area contributed by atoms with Crippen LogP contribution in [0.15, 0.2) is 133 Å². The third kappa shape index (κ3) is 8.24. The van der Waals surface area contributed by atoms with Crippen LogP contribution in [0.1, 0.15) is 59.4 Å². The molecule has 0 aliphatic carbocycles. The Hall–Kier alpha value is -3.60. The van der Waals surface area contributed by atoms with Crippen molar-refractivity contribution in [3.8, 4) is 0 Å². The van der Waals surface area contributed by atoms with Crippen molar-refractivity contribution < 1.29 is 4.79 Å². The number of amides is 1. The van der Waals surface area contributed by atoms with E-state index in [4.69, 9.17) is 34.8 Å². The molecule has 1 fully saturated rings. The minimum atomic E-state index is -0.386. The smallest absolute Gasteiger partial charge is 0.226 e. The predicted octanol–water partition coefficient (Wildman–Crippen LogP) is 10.9. The molecule has 5 aromatic rings. The first-order valence-electron chi connectivity index (χ1n) is 17.2. The first kappa shape index (κ1) is 35.2. The minimum Gasteiger partial charge on any atom is -0.345 e. The second-order valence-electron chi connectivity index (χ2n) is 13.3. The van der Waals surface area contributed by atoms with Crippen molar-refractivity contribution in [2.45, 2.75) is 43.6 Å². The number of hydrogen-bond donors (Lipinski definition) is 0. The van der Waals surface area contributed by atoms with E-state index < -0.39 is 0 Å². The largest absolute Gasteiger partial charge is 0.345 e. The highest BCUT2D eigenvalue weighted by Gasteiger charge is 2.43. The number of likely N-dealkylation sites (tertiary alicyclic amines) is 1. The molecule has 1 amide bonds. The quantitative estimate of drug-likeness (QED) is 0.120. The van der Waals surface area contributed by atoms with E-state index in [0.29, 0.717) is 34.0 Å². The third-order valence-electron chi connectivity index (χ3n) is 10.2. The number of nitrogens with zero attached hydrogens (tertiary/aromatic N) is 2. The van der Waals surface area contributed by atoms with Crippen LogP contribution in [0.2, 0.25) is 15.1 Å². The van der Waals surface area contributed by atoms with Crippen LogP contribution in [-0.4, -0.2) is 42.4 Å². The Morgan fingerprint density at radius 1 is 0.735 bits per heavy atom. The molecule has 1 saturated heterocycles. The van der Waals surface area contributed by atoms with Crippen LogP contribution < -0.4 is 0 Å². The van der Waals surface area contributed by atoms with Crippen molar-refractivity contribution in [2.75, 3.05) is 26.7 Å². The fraction of sp³-hybridized carbons (Fsp3) is 0.279. The number of rotatable bonds is 12. The van der Waals surface area contributed by atoms with E-state index in [0.717, 1.165) is 49.9 Å². The summed E-state index contributed by atoms with van der Waals surface area (Å²) in [6.45, 7) is 2.58. The zero-order chi connectivity index (χ0) is 34.2. The number of benzene rings is 5. The van der Waals surface area contributed by atoms with Crippen LogP contribution in [0.3, 0.4) is 0 Å². The van der Waals surface area contributed by atoms with Crippen molar-refractivity contribution in [3.05, 3.63) is 176 Å². The van der Waals surface area contributed by atoms with Gasteiger partial charge in [-0.05, 0) is 96.8 Å². The van der Waals surface area contributed by atoms with Crippen molar-refractivity contribution in [2.24, 2.45) is 5.92 Å². The SMILES string of the molecule is CN(CC(CCC1CCN(C(c2ccccc2)(c2ccccc2)c2ccccc2)CC1)c1ccc(Cl)c(Cl)c1)C(=O)Cc1cccc(Cl)c1. The second-order valence-corrected chi connectivity index (χ2v) is 14.5. The van der Waals surface area contributed by atoms with Gasteiger partial charge in [0.2, 0.25) is 5.91 Å². The summed E-state index contributed by atoms with van der Waals surface area (Å²) >= 11 is 19.0. The average Bonchev–Trinajstić information content (AvgIpc) is 3.13. The molecule has 252 valence electrons. The summed E-state index contributed by atoms with van der Waals surface area (Å²) in [5.41, 5.74) is 5.51. The van der Waals surface area contributed by atoms with Crippen LogP contribution in [0.4, 0.5) is 0 Å².